The number of nitrogens with zero attached hydrogens (tertiary/aromatic N) is 2. The maximum atomic E-state index is 13.5. The summed E-state index contributed by atoms with van der Waals surface area (Å²) in [6.45, 7) is 3.85. The van der Waals surface area contributed by atoms with Gasteiger partial charge in [0.15, 0.2) is 0 Å². The van der Waals surface area contributed by atoms with Crippen molar-refractivity contribution in [3.8, 4) is 5.75 Å². The molecule has 4 atom stereocenters. The highest BCUT2D eigenvalue weighted by molar-refractivity contribution is 5.94. The Balaban J connectivity index is 1.79. The molecule has 3 aromatic rings. The fourth-order valence-corrected chi connectivity index (χ4v) is 4.16. The van der Waals surface area contributed by atoms with Crippen LogP contribution < -0.4 is 21.7 Å². The van der Waals surface area contributed by atoms with Gasteiger partial charge in [-0.2, -0.15) is 0 Å². The Hall–Kier alpha value is -4.72. The summed E-state index contributed by atoms with van der Waals surface area (Å²) in [5, 5.41) is 27.1. The van der Waals surface area contributed by atoms with Crippen LogP contribution in [0.2, 0.25) is 0 Å². The van der Waals surface area contributed by atoms with E-state index in [9.17, 15) is 29.4 Å². The average molecular weight is 569 g/mol. The van der Waals surface area contributed by atoms with Crippen LogP contribution in [0.25, 0.3) is 0 Å². The lowest BCUT2D eigenvalue weighted by Crippen LogP contribution is -2.58. The SMILES string of the molecule is CC(C)CC(N)C(=O)NC(Cc1cnc[nH]1)C(=O)NC(Cc1cnc[nH]1)C(=O)NC(Cc1ccc(O)cc1)C(=O)O. The van der Waals surface area contributed by atoms with E-state index in [1.54, 1.807) is 12.1 Å². The first-order valence-electron chi connectivity index (χ1n) is 13.1. The minimum absolute atomic E-state index is 0.0222. The Kier molecular flexibility index (Phi) is 11.0. The van der Waals surface area contributed by atoms with Gasteiger partial charge in [0.1, 0.15) is 23.9 Å². The Labute approximate surface area is 236 Å². The number of hydrogen-bond donors (Lipinski definition) is 8. The summed E-state index contributed by atoms with van der Waals surface area (Å²) in [6.07, 6.45) is 6.21. The Morgan fingerprint density at radius 2 is 1.29 bits per heavy atom. The molecule has 0 radical (unpaired) electrons. The van der Waals surface area contributed by atoms with E-state index < -0.39 is 47.9 Å². The zero-order valence-corrected chi connectivity index (χ0v) is 22.8. The molecular weight excluding hydrogens is 532 g/mol. The molecule has 9 N–H and O–H groups in total. The molecule has 0 saturated heterocycles. The number of aromatic amines is 2. The summed E-state index contributed by atoms with van der Waals surface area (Å²) < 4.78 is 0. The number of benzene rings is 1. The topological polar surface area (TPSA) is 228 Å². The first-order valence-corrected chi connectivity index (χ1v) is 13.1. The maximum Gasteiger partial charge on any atom is 0.326 e. The summed E-state index contributed by atoms with van der Waals surface area (Å²) in [5.74, 6) is -3.04. The molecule has 41 heavy (non-hydrogen) atoms. The van der Waals surface area contributed by atoms with Gasteiger partial charge in [-0.3, -0.25) is 14.4 Å². The van der Waals surface area contributed by atoms with E-state index in [-0.39, 0.29) is 30.9 Å². The Bertz CT molecular complexity index is 1280. The van der Waals surface area contributed by atoms with Gasteiger partial charge < -0.3 is 41.9 Å². The number of phenols is 1. The molecule has 2 aromatic heterocycles. The number of aromatic hydroxyl groups is 1. The van der Waals surface area contributed by atoms with Crippen molar-refractivity contribution in [2.45, 2.75) is 63.7 Å². The number of carboxylic acid groups (broad SMARTS) is 1. The van der Waals surface area contributed by atoms with Gasteiger partial charge in [0.05, 0.1) is 18.7 Å². The molecule has 0 fully saturated rings. The summed E-state index contributed by atoms with van der Waals surface area (Å²) in [7, 11) is 0. The first kappa shape index (κ1) is 30.8. The largest absolute Gasteiger partial charge is 0.508 e. The van der Waals surface area contributed by atoms with Crippen molar-refractivity contribution in [2.24, 2.45) is 11.7 Å². The highest BCUT2D eigenvalue weighted by atomic mass is 16.4. The number of amides is 3. The number of imidazole rings is 2. The lowest BCUT2D eigenvalue weighted by Gasteiger charge is -2.25. The number of hydrogen-bond acceptors (Lipinski definition) is 8. The molecule has 3 amide bonds. The zero-order chi connectivity index (χ0) is 29.9. The molecule has 220 valence electrons. The molecule has 0 aliphatic rings. The third-order valence-corrected chi connectivity index (χ3v) is 6.28. The molecule has 0 aliphatic heterocycles. The van der Waals surface area contributed by atoms with E-state index in [0.29, 0.717) is 23.4 Å². The van der Waals surface area contributed by atoms with Gasteiger partial charge in [-0.25, -0.2) is 14.8 Å². The summed E-state index contributed by atoms with van der Waals surface area (Å²) >= 11 is 0. The third kappa shape index (κ3) is 9.76. The van der Waals surface area contributed by atoms with Crippen LogP contribution in [0.1, 0.15) is 37.2 Å². The number of carbonyl (C=O) groups is 4. The number of aromatic nitrogens is 4. The molecule has 0 saturated carbocycles. The monoisotopic (exact) mass is 568 g/mol. The highest BCUT2D eigenvalue weighted by Crippen LogP contribution is 2.12. The number of phenolic OH excluding ortho intramolecular Hbond substituents is 1. The number of nitrogens with one attached hydrogen (secondary N) is 5. The van der Waals surface area contributed by atoms with Crippen LogP contribution in [-0.2, 0) is 38.4 Å². The number of nitrogens with two attached hydrogens (primary N) is 1. The molecule has 14 nitrogen and oxygen atoms in total. The third-order valence-electron chi connectivity index (χ3n) is 6.28. The van der Waals surface area contributed by atoms with Crippen molar-refractivity contribution in [3.05, 3.63) is 66.3 Å². The molecule has 3 rings (SSSR count). The number of carboxylic acids is 1. The Morgan fingerprint density at radius 1 is 0.805 bits per heavy atom. The van der Waals surface area contributed by atoms with Gasteiger partial charge in [-0.15, -0.1) is 0 Å². The molecule has 0 spiro atoms. The van der Waals surface area contributed by atoms with Crippen molar-refractivity contribution < 1.29 is 29.4 Å². The second-order valence-electron chi connectivity index (χ2n) is 10.2. The second-order valence-corrected chi connectivity index (χ2v) is 10.2. The minimum atomic E-state index is -1.32. The van der Waals surface area contributed by atoms with Crippen LogP contribution in [0.5, 0.6) is 5.75 Å². The fraction of sp³-hybridized carbons (Fsp3) is 0.407. The summed E-state index contributed by atoms with van der Waals surface area (Å²) in [4.78, 5) is 65.3. The number of carbonyl (C=O) groups excluding carboxylic acids is 3. The van der Waals surface area contributed by atoms with E-state index in [2.05, 4.69) is 35.9 Å². The van der Waals surface area contributed by atoms with Crippen molar-refractivity contribution in [1.82, 2.24) is 35.9 Å². The van der Waals surface area contributed by atoms with Gasteiger partial charge in [-0.1, -0.05) is 26.0 Å². The van der Waals surface area contributed by atoms with Crippen molar-refractivity contribution >= 4 is 23.7 Å². The van der Waals surface area contributed by atoms with Crippen LogP contribution in [0.4, 0.5) is 0 Å². The van der Waals surface area contributed by atoms with Crippen molar-refractivity contribution in [1.29, 1.82) is 0 Å². The Morgan fingerprint density at radius 3 is 1.73 bits per heavy atom. The van der Waals surface area contributed by atoms with E-state index in [1.165, 1.54) is 37.2 Å². The number of rotatable bonds is 15. The smallest absolute Gasteiger partial charge is 0.326 e. The zero-order valence-electron chi connectivity index (χ0n) is 22.8. The van der Waals surface area contributed by atoms with E-state index in [0.717, 1.165) is 0 Å². The summed E-state index contributed by atoms with van der Waals surface area (Å²) in [6, 6.07) is 1.45. The molecule has 0 bridgehead atoms. The van der Waals surface area contributed by atoms with Gasteiger partial charge in [0.2, 0.25) is 17.7 Å². The van der Waals surface area contributed by atoms with Crippen LogP contribution >= 0.6 is 0 Å². The van der Waals surface area contributed by atoms with Gasteiger partial charge in [-0.05, 0) is 30.0 Å². The van der Waals surface area contributed by atoms with Crippen LogP contribution in [0.15, 0.2) is 49.3 Å². The second kappa shape index (κ2) is 14.6. The molecule has 1 aromatic carbocycles. The fourth-order valence-electron chi connectivity index (χ4n) is 4.16. The molecular formula is C27H36N8O6. The van der Waals surface area contributed by atoms with Crippen LogP contribution in [0, 0.1) is 5.92 Å². The number of H-pyrrole nitrogens is 2. The predicted octanol–water partition coefficient (Wildman–Crippen LogP) is -0.221. The highest BCUT2D eigenvalue weighted by Gasteiger charge is 2.31. The minimum Gasteiger partial charge on any atom is -0.508 e. The van der Waals surface area contributed by atoms with Crippen molar-refractivity contribution in [3.63, 3.8) is 0 Å². The van der Waals surface area contributed by atoms with Crippen LogP contribution in [0.3, 0.4) is 0 Å². The van der Waals surface area contributed by atoms with Gasteiger partial charge in [0, 0.05) is 43.0 Å². The molecule has 4 unspecified atom stereocenters. The standard InChI is InChI=1S/C27H36N8O6/c1-15(2)7-20(28)24(37)33-21(9-17-11-29-13-31-17)25(38)34-22(10-18-12-30-14-32-18)26(39)35-23(27(40)41)8-16-3-5-19(36)6-4-16/h3-6,11-15,20-23,36H,7-10,28H2,1-2H3,(H,29,31)(H,30,32)(H,33,37)(H,34,38)(H,35,39)(H,40,41). The van der Waals surface area contributed by atoms with E-state index in [4.69, 9.17) is 5.73 Å². The maximum absolute atomic E-state index is 13.5. The van der Waals surface area contributed by atoms with Crippen molar-refractivity contribution in [2.75, 3.05) is 0 Å². The first-order chi connectivity index (χ1) is 19.5. The molecule has 0 aliphatic carbocycles. The predicted molar refractivity (Wildman–Crippen MR) is 147 cm³/mol. The van der Waals surface area contributed by atoms with Gasteiger partial charge in [0.25, 0.3) is 0 Å². The quantitative estimate of drug-likeness (QED) is 0.121. The average Bonchev–Trinajstić information content (AvgIpc) is 3.62. The van der Waals surface area contributed by atoms with Crippen LogP contribution in [-0.4, -0.2) is 78.0 Å². The normalized spacial score (nSPS) is 14.0. The number of aliphatic carboxylic acids is 1. The van der Waals surface area contributed by atoms with E-state index >= 15 is 0 Å². The molecule has 14 heteroatoms. The van der Waals surface area contributed by atoms with E-state index in [1.807, 2.05) is 13.8 Å². The van der Waals surface area contributed by atoms with Gasteiger partial charge >= 0.3 is 5.97 Å². The molecule has 2 heterocycles. The lowest BCUT2D eigenvalue weighted by atomic mass is 10.0. The summed E-state index contributed by atoms with van der Waals surface area (Å²) in [5.41, 5.74) is 7.68. The lowest BCUT2D eigenvalue weighted by molar-refractivity contribution is -0.142.